The van der Waals surface area contributed by atoms with Gasteiger partial charge in [0.2, 0.25) is 17.7 Å². The quantitative estimate of drug-likeness (QED) is 0.399. The molecule has 4 amide bonds. The highest BCUT2D eigenvalue weighted by molar-refractivity contribution is 7.87. The van der Waals surface area contributed by atoms with Gasteiger partial charge in [-0.05, 0) is 46.0 Å². The van der Waals surface area contributed by atoms with Crippen LogP contribution in [0.2, 0.25) is 0 Å². The monoisotopic (exact) mass is 563 g/mol. The summed E-state index contributed by atoms with van der Waals surface area (Å²) in [5.74, 6) is -1.37. The molecule has 2 fully saturated rings. The van der Waals surface area contributed by atoms with Gasteiger partial charge in [0.1, 0.15) is 18.2 Å². The van der Waals surface area contributed by atoms with E-state index in [-0.39, 0.29) is 24.3 Å². The predicted octanol–water partition coefficient (Wildman–Crippen LogP) is 2.16. The molecule has 3 unspecified atom stereocenters. The Labute approximate surface area is 228 Å². The largest absolute Gasteiger partial charge is 0.444 e. The predicted molar refractivity (Wildman–Crippen MR) is 148 cm³/mol. The maximum atomic E-state index is 11.9. The van der Waals surface area contributed by atoms with Crippen LogP contribution < -0.4 is 15.8 Å². The summed E-state index contributed by atoms with van der Waals surface area (Å²) in [6.07, 6.45) is 4.28. The summed E-state index contributed by atoms with van der Waals surface area (Å²) in [5, 5.41) is 2.37. The molecule has 12 nitrogen and oxygen atoms in total. The number of rotatable bonds is 7. The fourth-order valence-corrected chi connectivity index (χ4v) is 3.58. The minimum Gasteiger partial charge on any atom is -0.444 e. The maximum absolute atomic E-state index is 11.9. The van der Waals surface area contributed by atoms with Crippen molar-refractivity contribution in [2.45, 2.75) is 85.8 Å². The van der Waals surface area contributed by atoms with Gasteiger partial charge in [0, 0.05) is 26.6 Å². The molecule has 1 aliphatic heterocycles. The number of carbonyl (C=O) groups is 4. The number of hydrogen-bond acceptors (Lipinski definition) is 7. The van der Waals surface area contributed by atoms with Gasteiger partial charge in [-0.15, -0.1) is 6.58 Å². The molecule has 4 N–H and O–H groups in total. The lowest BCUT2D eigenvalue weighted by Crippen LogP contribution is -2.48. The van der Waals surface area contributed by atoms with Crippen LogP contribution in [0.5, 0.6) is 0 Å². The highest BCUT2D eigenvalue weighted by Crippen LogP contribution is 2.39. The Morgan fingerprint density at radius 2 is 1.68 bits per heavy atom. The average Bonchev–Trinajstić information content (AvgIpc) is 3.44. The number of primary amides is 1. The number of nitrogens with zero attached hydrogens (tertiary/aromatic N) is 2. The summed E-state index contributed by atoms with van der Waals surface area (Å²) >= 11 is 0. The number of amides is 4. The third kappa shape index (κ3) is 14.9. The minimum absolute atomic E-state index is 0.132. The zero-order valence-electron chi connectivity index (χ0n) is 24.5. The minimum atomic E-state index is -3.63. The molecule has 2 rings (SSSR count). The number of likely N-dealkylation sites (tertiary alicyclic amines) is 1. The van der Waals surface area contributed by atoms with Crippen LogP contribution in [0.15, 0.2) is 12.7 Å². The van der Waals surface area contributed by atoms with E-state index in [1.54, 1.807) is 26.8 Å². The molecular formula is C25H49N5O7S. The van der Waals surface area contributed by atoms with E-state index >= 15 is 0 Å². The van der Waals surface area contributed by atoms with Crippen LogP contribution in [0.1, 0.15) is 74.1 Å². The number of allylic oxidation sites excluding steroid dienone is 1. The number of ether oxygens (including phenoxy) is 1. The van der Waals surface area contributed by atoms with Crippen LogP contribution in [0.25, 0.3) is 0 Å². The van der Waals surface area contributed by atoms with Crippen LogP contribution >= 0.6 is 0 Å². The Morgan fingerprint density at radius 3 is 2.08 bits per heavy atom. The van der Waals surface area contributed by atoms with E-state index < -0.39 is 39.8 Å². The lowest BCUT2D eigenvalue weighted by Gasteiger charge is -2.23. The summed E-state index contributed by atoms with van der Waals surface area (Å²) in [6, 6.07) is -0.562. The van der Waals surface area contributed by atoms with Gasteiger partial charge < -0.3 is 20.7 Å². The van der Waals surface area contributed by atoms with Crippen molar-refractivity contribution in [3.63, 3.8) is 0 Å². The molecule has 0 radical (unpaired) electrons. The van der Waals surface area contributed by atoms with Gasteiger partial charge in [-0.1, -0.05) is 40.2 Å². The van der Waals surface area contributed by atoms with E-state index in [0.29, 0.717) is 19.4 Å². The molecule has 0 aromatic carbocycles. The maximum Gasteiger partial charge on any atom is 0.408 e. The van der Waals surface area contributed by atoms with Gasteiger partial charge in [-0.2, -0.15) is 12.7 Å². The molecule has 2 aliphatic rings. The Balaban J connectivity index is 0. The van der Waals surface area contributed by atoms with Gasteiger partial charge in [0.15, 0.2) is 0 Å². The third-order valence-electron chi connectivity index (χ3n) is 4.87. The zero-order chi connectivity index (χ0) is 30.3. The fourth-order valence-electron chi connectivity index (χ4n) is 3.00. The first kappa shape index (κ1) is 37.5. The van der Waals surface area contributed by atoms with E-state index in [1.807, 2.05) is 18.6 Å². The summed E-state index contributed by atoms with van der Waals surface area (Å²) in [5.41, 5.74) is 4.61. The molecule has 0 aromatic rings. The molecule has 1 saturated carbocycles. The SMILES string of the molecule is C=CC1CC1C(=O)NS(=O)(=O)N(C)C.CC.CC(C)(C)OC(=O)NCC(=O)N1CCCC1C(N)=O.CCC. The second kappa shape index (κ2) is 17.8. The second-order valence-electron chi connectivity index (χ2n) is 9.71. The lowest BCUT2D eigenvalue weighted by molar-refractivity contribution is -0.136. The Bertz CT molecular complexity index is 885. The topological polar surface area (TPSA) is 168 Å². The van der Waals surface area contributed by atoms with Gasteiger partial charge in [-0.3, -0.25) is 14.4 Å². The van der Waals surface area contributed by atoms with Crippen molar-refractivity contribution in [2.24, 2.45) is 17.6 Å². The standard InChI is InChI=1S/C12H21N3O4.C8H14N2O3S.C3H8.C2H6/c1-12(2,3)19-11(18)14-7-9(16)15-6-4-5-8(15)10(13)17;1-4-6-5-7(6)8(11)9-14(12,13)10(2)3;1-3-2;1-2/h8H,4-7H2,1-3H3,(H2,13,17)(H,14,18);4,6-7H,1,5H2,2-3H3,(H,9,11);3H2,1-2H3;1-2H3. The van der Waals surface area contributed by atoms with Gasteiger partial charge >= 0.3 is 16.3 Å². The molecule has 0 spiro atoms. The Morgan fingerprint density at radius 1 is 1.16 bits per heavy atom. The van der Waals surface area contributed by atoms with E-state index in [4.69, 9.17) is 10.5 Å². The molecule has 0 bridgehead atoms. The molecule has 13 heteroatoms. The lowest BCUT2D eigenvalue weighted by atomic mass is 10.2. The van der Waals surface area contributed by atoms with Crippen molar-refractivity contribution in [3.05, 3.63) is 12.7 Å². The highest BCUT2D eigenvalue weighted by Gasteiger charge is 2.42. The first-order chi connectivity index (χ1) is 17.5. The molecule has 1 aliphatic carbocycles. The molecule has 38 heavy (non-hydrogen) atoms. The number of alkyl carbamates (subject to hydrolysis) is 1. The van der Waals surface area contributed by atoms with E-state index in [0.717, 1.165) is 10.7 Å². The van der Waals surface area contributed by atoms with Crippen molar-refractivity contribution < 1.29 is 32.3 Å². The summed E-state index contributed by atoms with van der Waals surface area (Å²) in [4.78, 5) is 47.2. The number of nitrogens with one attached hydrogen (secondary N) is 2. The van der Waals surface area contributed by atoms with Crippen LogP contribution in [-0.2, 0) is 29.3 Å². The fraction of sp³-hybridized carbons (Fsp3) is 0.760. The van der Waals surface area contributed by atoms with Crippen LogP contribution in [0.4, 0.5) is 4.79 Å². The normalized spacial score (nSPS) is 19.7. The number of hydrogen-bond donors (Lipinski definition) is 3. The zero-order valence-corrected chi connectivity index (χ0v) is 25.3. The van der Waals surface area contributed by atoms with Gasteiger partial charge in [0.25, 0.3) is 0 Å². The molecule has 0 aromatic heterocycles. The van der Waals surface area contributed by atoms with Crippen molar-refractivity contribution in [1.29, 1.82) is 0 Å². The van der Waals surface area contributed by atoms with Crippen LogP contribution in [0, 0.1) is 11.8 Å². The highest BCUT2D eigenvalue weighted by atomic mass is 32.2. The third-order valence-corrected chi connectivity index (χ3v) is 6.29. The first-order valence-electron chi connectivity index (χ1n) is 12.9. The van der Waals surface area contributed by atoms with Crippen molar-refractivity contribution in [3.8, 4) is 0 Å². The van der Waals surface area contributed by atoms with Crippen molar-refractivity contribution >= 4 is 34.0 Å². The van der Waals surface area contributed by atoms with Gasteiger partial charge in [-0.25, -0.2) is 9.52 Å². The summed E-state index contributed by atoms with van der Waals surface area (Å²) in [7, 11) is -0.898. The number of nitrogens with two attached hydrogens (primary N) is 1. The molecule has 1 saturated heterocycles. The smallest absolute Gasteiger partial charge is 0.408 e. The Kier molecular flexibility index (Phi) is 17.5. The summed E-state index contributed by atoms with van der Waals surface area (Å²) in [6.45, 7) is 17.3. The van der Waals surface area contributed by atoms with Gasteiger partial charge in [0.05, 0.1) is 0 Å². The first-order valence-corrected chi connectivity index (χ1v) is 14.4. The Hall–Kier alpha value is -2.67. The molecule has 1 heterocycles. The molecular weight excluding hydrogens is 514 g/mol. The second-order valence-corrected chi connectivity index (χ2v) is 11.6. The summed E-state index contributed by atoms with van der Waals surface area (Å²) < 4.78 is 30.4. The van der Waals surface area contributed by atoms with E-state index in [1.165, 1.54) is 25.4 Å². The molecule has 222 valence electrons. The van der Waals surface area contributed by atoms with E-state index in [9.17, 15) is 27.6 Å². The van der Waals surface area contributed by atoms with Crippen LogP contribution in [0.3, 0.4) is 0 Å². The van der Waals surface area contributed by atoms with Crippen molar-refractivity contribution in [2.75, 3.05) is 27.2 Å². The van der Waals surface area contributed by atoms with Crippen molar-refractivity contribution in [1.82, 2.24) is 19.2 Å². The average molecular weight is 564 g/mol. The van der Waals surface area contributed by atoms with E-state index in [2.05, 4.69) is 25.7 Å². The molecule has 3 atom stereocenters. The number of carbonyl (C=O) groups excluding carboxylic acids is 4. The van der Waals surface area contributed by atoms with Crippen LogP contribution in [-0.4, -0.2) is 80.3 Å².